The van der Waals surface area contributed by atoms with Gasteiger partial charge in [-0.15, -0.1) is 5.10 Å². The first-order valence-electron chi connectivity index (χ1n) is 9.89. The lowest BCUT2D eigenvalue weighted by molar-refractivity contribution is -0.136. The van der Waals surface area contributed by atoms with E-state index in [1.807, 2.05) is 30.3 Å². The summed E-state index contributed by atoms with van der Waals surface area (Å²) in [5, 5.41) is 10.6. The molecule has 2 aromatic heterocycles. The molecule has 0 bridgehead atoms. The van der Waals surface area contributed by atoms with Crippen LogP contribution in [0.2, 0.25) is 0 Å². The largest absolute Gasteiger partial charge is 0.391 e. The first-order valence-corrected chi connectivity index (χ1v) is 9.89. The molecule has 2 amide bonds. The van der Waals surface area contributed by atoms with Crippen LogP contribution < -0.4 is 10.2 Å². The minimum absolute atomic E-state index is 0.181. The fraction of sp³-hybridized carbons (Fsp3) is 0.286. The van der Waals surface area contributed by atoms with Gasteiger partial charge in [0.1, 0.15) is 18.2 Å². The van der Waals surface area contributed by atoms with Gasteiger partial charge in [-0.05, 0) is 22.9 Å². The predicted octanol–water partition coefficient (Wildman–Crippen LogP) is 0.355. The van der Waals surface area contributed by atoms with Crippen LogP contribution in [0.4, 0.5) is 0 Å². The zero-order valence-electron chi connectivity index (χ0n) is 16.8. The Morgan fingerprint density at radius 3 is 2.94 bits per heavy atom. The third-order valence-corrected chi connectivity index (χ3v) is 4.70. The Hall–Kier alpha value is -3.79. The normalized spacial score (nSPS) is 16.5. The van der Waals surface area contributed by atoms with Gasteiger partial charge in [-0.25, -0.2) is 4.98 Å². The minimum Gasteiger partial charge on any atom is -0.391 e. The molecular weight excluding hydrogens is 400 g/mol. The van der Waals surface area contributed by atoms with E-state index >= 15 is 0 Å². The number of hydrogen-bond acceptors (Lipinski definition) is 7. The number of hydrogen-bond donors (Lipinski definition) is 1. The molecule has 1 aliphatic rings. The summed E-state index contributed by atoms with van der Waals surface area (Å²) in [5.74, 6) is -0.577. The van der Waals surface area contributed by atoms with Crippen molar-refractivity contribution in [1.82, 2.24) is 30.4 Å². The summed E-state index contributed by atoms with van der Waals surface area (Å²) >= 11 is 0. The lowest BCUT2D eigenvalue weighted by Gasteiger charge is -2.31. The van der Waals surface area contributed by atoms with Gasteiger partial charge in [0, 0.05) is 31.4 Å². The minimum atomic E-state index is -0.332. The number of amides is 2. The zero-order chi connectivity index (χ0) is 21.5. The van der Waals surface area contributed by atoms with Crippen molar-refractivity contribution in [1.29, 1.82) is 0 Å². The number of nitrogens with one attached hydrogen (secondary N) is 1. The predicted molar refractivity (Wildman–Crippen MR) is 111 cm³/mol. The number of rotatable bonds is 7. The average molecular weight is 422 g/mol. The number of fused-ring (bicyclic) bond motifs is 1. The summed E-state index contributed by atoms with van der Waals surface area (Å²) in [7, 11) is 0. The second-order valence-corrected chi connectivity index (χ2v) is 6.92. The van der Waals surface area contributed by atoms with Crippen molar-refractivity contribution < 1.29 is 19.2 Å². The Balaban J connectivity index is 1.25. The molecule has 1 aromatic carbocycles. The van der Waals surface area contributed by atoms with Gasteiger partial charge in [0.15, 0.2) is 0 Å². The van der Waals surface area contributed by atoms with Crippen molar-refractivity contribution in [3.8, 4) is 0 Å². The summed E-state index contributed by atoms with van der Waals surface area (Å²) < 4.78 is 5.68. The van der Waals surface area contributed by atoms with Crippen LogP contribution >= 0.6 is 0 Å². The van der Waals surface area contributed by atoms with E-state index in [2.05, 4.69) is 20.6 Å². The van der Waals surface area contributed by atoms with E-state index in [-0.39, 0.29) is 24.5 Å². The van der Waals surface area contributed by atoms with Crippen molar-refractivity contribution in [2.24, 2.45) is 0 Å². The number of ether oxygens (including phenoxy) is 1. The molecule has 3 heterocycles. The number of aromatic nitrogens is 4. The lowest BCUT2D eigenvalue weighted by Crippen LogP contribution is -2.47. The zero-order valence-corrected chi connectivity index (χ0v) is 16.8. The average Bonchev–Trinajstić information content (AvgIpc) is 3.24. The van der Waals surface area contributed by atoms with Crippen LogP contribution in [0.3, 0.4) is 0 Å². The first kappa shape index (κ1) is 20.5. The number of morpholine rings is 1. The Morgan fingerprint density at radius 2 is 2.06 bits per heavy atom. The van der Waals surface area contributed by atoms with E-state index in [1.54, 1.807) is 23.2 Å². The second kappa shape index (κ2) is 9.81. The molecule has 0 saturated carbocycles. The SMILES string of the molecule is O=C(C=CC(=O)N1CCOC(COn2nnc3cccnc32)C1)NCc1ccccc1. The highest BCUT2D eigenvalue weighted by atomic mass is 16.7. The maximum Gasteiger partial charge on any atom is 0.246 e. The monoisotopic (exact) mass is 422 g/mol. The molecular formula is C21H22N6O4. The van der Waals surface area contributed by atoms with Crippen LogP contribution in [0.5, 0.6) is 0 Å². The van der Waals surface area contributed by atoms with E-state index in [0.29, 0.717) is 37.4 Å². The highest BCUT2D eigenvalue weighted by Crippen LogP contribution is 2.08. The summed E-state index contributed by atoms with van der Waals surface area (Å²) in [4.78, 5) is 37.1. The molecule has 1 N–H and O–H groups in total. The van der Waals surface area contributed by atoms with Crippen LogP contribution in [0, 0.1) is 0 Å². The van der Waals surface area contributed by atoms with Gasteiger partial charge >= 0.3 is 0 Å². The molecule has 1 atom stereocenters. The third-order valence-electron chi connectivity index (χ3n) is 4.70. The number of nitrogens with zero attached hydrogens (tertiary/aromatic N) is 5. The van der Waals surface area contributed by atoms with Gasteiger partial charge in [-0.3, -0.25) is 9.59 Å². The van der Waals surface area contributed by atoms with E-state index in [9.17, 15) is 9.59 Å². The molecule has 1 fully saturated rings. The molecule has 3 aromatic rings. The Bertz CT molecular complexity index is 1070. The Kier molecular flexibility index (Phi) is 6.48. The Morgan fingerprint density at radius 1 is 1.19 bits per heavy atom. The summed E-state index contributed by atoms with van der Waals surface area (Å²) in [6.45, 7) is 1.75. The van der Waals surface area contributed by atoms with E-state index in [1.165, 1.54) is 17.0 Å². The van der Waals surface area contributed by atoms with Gasteiger partial charge in [-0.1, -0.05) is 35.2 Å². The molecule has 0 spiro atoms. The van der Waals surface area contributed by atoms with Crippen LogP contribution in [0.25, 0.3) is 11.2 Å². The number of carbonyl (C=O) groups is 2. The van der Waals surface area contributed by atoms with Crippen molar-refractivity contribution in [2.75, 3.05) is 26.3 Å². The molecule has 10 heteroatoms. The van der Waals surface area contributed by atoms with Crippen LogP contribution in [0.15, 0.2) is 60.8 Å². The fourth-order valence-electron chi connectivity index (χ4n) is 3.10. The summed E-state index contributed by atoms with van der Waals surface area (Å²) in [6.07, 6.45) is 3.82. The molecule has 1 unspecified atom stereocenters. The van der Waals surface area contributed by atoms with Gasteiger partial charge in [-0.2, -0.15) is 0 Å². The summed E-state index contributed by atoms with van der Waals surface area (Å²) in [6, 6.07) is 13.1. The lowest BCUT2D eigenvalue weighted by atomic mass is 10.2. The molecule has 1 saturated heterocycles. The van der Waals surface area contributed by atoms with Gasteiger partial charge in [0.05, 0.1) is 13.2 Å². The van der Waals surface area contributed by atoms with Crippen molar-refractivity contribution in [3.05, 3.63) is 66.4 Å². The van der Waals surface area contributed by atoms with Crippen molar-refractivity contribution in [2.45, 2.75) is 12.6 Å². The van der Waals surface area contributed by atoms with Crippen molar-refractivity contribution >= 4 is 23.0 Å². The van der Waals surface area contributed by atoms with E-state index in [4.69, 9.17) is 9.57 Å². The highest BCUT2D eigenvalue weighted by Gasteiger charge is 2.24. The topological polar surface area (TPSA) is 111 Å². The number of pyridine rings is 1. The van der Waals surface area contributed by atoms with Gasteiger partial charge < -0.3 is 19.8 Å². The fourth-order valence-corrected chi connectivity index (χ4v) is 3.10. The van der Waals surface area contributed by atoms with E-state index in [0.717, 1.165) is 5.56 Å². The Labute approximate surface area is 178 Å². The standard InChI is InChI=1S/C21H22N6O4/c28-19(23-13-16-5-2-1-3-6-16)8-9-20(29)26-11-12-30-17(14-26)15-31-27-21-18(24-25-27)7-4-10-22-21/h1-10,17H,11-15H2,(H,23,28). The quantitative estimate of drug-likeness (QED) is 0.547. The molecule has 10 nitrogen and oxygen atoms in total. The van der Waals surface area contributed by atoms with Crippen LogP contribution in [-0.4, -0.2) is 69.3 Å². The second-order valence-electron chi connectivity index (χ2n) is 6.92. The molecule has 160 valence electrons. The molecule has 4 rings (SSSR count). The molecule has 0 radical (unpaired) electrons. The number of carbonyl (C=O) groups excluding carboxylic acids is 2. The molecule has 31 heavy (non-hydrogen) atoms. The maximum absolute atomic E-state index is 12.5. The van der Waals surface area contributed by atoms with Crippen LogP contribution in [0.1, 0.15) is 5.56 Å². The highest BCUT2D eigenvalue weighted by molar-refractivity contribution is 5.96. The molecule has 0 aliphatic carbocycles. The summed E-state index contributed by atoms with van der Waals surface area (Å²) in [5.41, 5.74) is 2.12. The smallest absolute Gasteiger partial charge is 0.246 e. The molecule has 1 aliphatic heterocycles. The first-order chi connectivity index (χ1) is 15.2. The third kappa shape index (κ3) is 5.43. The van der Waals surface area contributed by atoms with Crippen LogP contribution in [-0.2, 0) is 20.9 Å². The van der Waals surface area contributed by atoms with Crippen molar-refractivity contribution in [3.63, 3.8) is 0 Å². The van der Waals surface area contributed by atoms with E-state index < -0.39 is 0 Å². The number of benzene rings is 1. The van der Waals surface area contributed by atoms with Gasteiger partial charge in [0.25, 0.3) is 0 Å². The van der Waals surface area contributed by atoms with Gasteiger partial charge in [0.2, 0.25) is 17.5 Å². The maximum atomic E-state index is 12.5.